The van der Waals surface area contributed by atoms with Crippen LogP contribution in [0.4, 0.5) is 0 Å². The van der Waals surface area contributed by atoms with E-state index in [0.717, 1.165) is 16.0 Å². The van der Waals surface area contributed by atoms with Gasteiger partial charge in [0.1, 0.15) is 0 Å². The van der Waals surface area contributed by atoms with Crippen LogP contribution < -0.4 is 5.73 Å². The zero-order valence-electron chi connectivity index (χ0n) is 9.80. The predicted molar refractivity (Wildman–Crippen MR) is 75.9 cm³/mol. The van der Waals surface area contributed by atoms with Gasteiger partial charge in [-0.15, -0.1) is 0 Å². The van der Waals surface area contributed by atoms with Crippen molar-refractivity contribution in [2.45, 2.75) is 17.2 Å². The minimum Gasteiger partial charge on any atom is -0.326 e. The summed E-state index contributed by atoms with van der Waals surface area (Å²) in [5.41, 5.74) is 7.75. The lowest BCUT2D eigenvalue weighted by Crippen LogP contribution is -2.04. The zero-order valence-corrected chi connectivity index (χ0v) is 11.4. The molecule has 0 fully saturated rings. The number of halogens is 1. The quantitative estimate of drug-likeness (QED) is 0.934. The summed E-state index contributed by atoms with van der Waals surface area (Å²) in [4.78, 5) is 0.784. The van der Waals surface area contributed by atoms with E-state index >= 15 is 0 Å². The lowest BCUT2D eigenvalue weighted by atomic mass is 10.1. The first-order valence-electron chi connectivity index (χ1n) is 5.61. The zero-order chi connectivity index (χ0) is 13.0. The molecule has 0 bridgehead atoms. The van der Waals surface area contributed by atoms with Crippen LogP contribution in [0.2, 0.25) is 5.02 Å². The van der Waals surface area contributed by atoms with Gasteiger partial charge in [0, 0.05) is 16.5 Å². The van der Waals surface area contributed by atoms with Crippen LogP contribution in [0.1, 0.15) is 11.1 Å². The Kier molecular flexibility index (Phi) is 4.53. The molecular weight excluding hydrogens is 266 g/mol. The maximum absolute atomic E-state index is 12.2. The van der Waals surface area contributed by atoms with Crippen molar-refractivity contribution in [3.63, 3.8) is 0 Å². The molecule has 94 valence electrons. The normalized spacial score (nSPS) is 12.3. The van der Waals surface area contributed by atoms with Crippen LogP contribution in [0.25, 0.3) is 0 Å². The van der Waals surface area contributed by atoms with E-state index in [1.54, 1.807) is 24.3 Å². The Hall–Kier alpha value is -1.16. The Balaban J connectivity index is 2.18. The van der Waals surface area contributed by atoms with Gasteiger partial charge < -0.3 is 5.73 Å². The standard InChI is InChI=1S/C14H14ClNOS/c15-13-5-7-14(8-6-13)18(17)10-12-4-2-1-3-11(12)9-16/h1-8H,9-10,16H2. The van der Waals surface area contributed by atoms with Crippen LogP contribution in [-0.4, -0.2) is 4.21 Å². The van der Waals surface area contributed by atoms with Crippen LogP contribution in [0.5, 0.6) is 0 Å². The van der Waals surface area contributed by atoms with E-state index in [2.05, 4.69) is 0 Å². The van der Waals surface area contributed by atoms with Crippen LogP contribution in [-0.2, 0) is 23.1 Å². The Morgan fingerprint density at radius 2 is 1.61 bits per heavy atom. The molecule has 0 aliphatic heterocycles. The van der Waals surface area contributed by atoms with E-state index in [4.69, 9.17) is 17.3 Å². The van der Waals surface area contributed by atoms with Gasteiger partial charge in [0.15, 0.2) is 0 Å². The average molecular weight is 280 g/mol. The van der Waals surface area contributed by atoms with Crippen LogP contribution in [0.15, 0.2) is 53.4 Å². The second-order valence-corrected chi connectivity index (χ2v) is 5.80. The Morgan fingerprint density at radius 3 is 2.22 bits per heavy atom. The highest BCUT2D eigenvalue weighted by Crippen LogP contribution is 2.17. The molecule has 1 atom stereocenters. The summed E-state index contributed by atoms with van der Waals surface area (Å²) in [5, 5.41) is 0.651. The monoisotopic (exact) mass is 279 g/mol. The smallest absolute Gasteiger partial charge is 0.0574 e. The molecule has 0 aromatic heterocycles. The largest absolute Gasteiger partial charge is 0.326 e. The molecule has 0 saturated carbocycles. The van der Waals surface area contributed by atoms with E-state index in [9.17, 15) is 4.21 Å². The molecule has 4 heteroatoms. The SMILES string of the molecule is NCc1ccccc1CS(=O)c1ccc(Cl)cc1. The van der Waals surface area contributed by atoms with E-state index < -0.39 is 10.8 Å². The molecule has 0 amide bonds. The number of hydrogen-bond donors (Lipinski definition) is 1. The van der Waals surface area contributed by atoms with Gasteiger partial charge in [-0.2, -0.15) is 0 Å². The van der Waals surface area contributed by atoms with Gasteiger partial charge >= 0.3 is 0 Å². The van der Waals surface area contributed by atoms with Crippen LogP contribution in [0, 0.1) is 0 Å². The molecule has 0 saturated heterocycles. The Bertz CT molecular complexity index is 554. The molecule has 0 heterocycles. The third-order valence-electron chi connectivity index (χ3n) is 2.70. The highest BCUT2D eigenvalue weighted by molar-refractivity contribution is 7.84. The first kappa shape index (κ1) is 13.3. The molecule has 1 unspecified atom stereocenters. The fraction of sp³-hybridized carbons (Fsp3) is 0.143. The topological polar surface area (TPSA) is 43.1 Å². The van der Waals surface area contributed by atoms with Gasteiger partial charge in [-0.3, -0.25) is 4.21 Å². The van der Waals surface area contributed by atoms with E-state index in [1.165, 1.54) is 0 Å². The molecule has 2 N–H and O–H groups in total. The summed E-state index contributed by atoms with van der Waals surface area (Å²) < 4.78 is 12.2. The van der Waals surface area contributed by atoms with Crippen LogP contribution in [0.3, 0.4) is 0 Å². The van der Waals surface area contributed by atoms with Gasteiger partial charge in [0.2, 0.25) is 0 Å². The van der Waals surface area contributed by atoms with Crippen molar-refractivity contribution in [3.8, 4) is 0 Å². The predicted octanol–water partition coefficient (Wildman–Crippen LogP) is 3.11. The summed E-state index contributed by atoms with van der Waals surface area (Å²) in [6.07, 6.45) is 0. The van der Waals surface area contributed by atoms with Gasteiger partial charge in [0.05, 0.1) is 16.6 Å². The van der Waals surface area contributed by atoms with E-state index in [-0.39, 0.29) is 0 Å². The minimum atomic E-state index is -1.07. The first-order valence-corrected chi connectivity index (χ1v) is 7.31. The first-order chi connectivity index (χ1) is 8.70. The van der Waals surface area contributed by atoms with Gasteiger partial charge in [0.25, 0.3) is 0 Å². The summed E-state index contributed by atoms with van der Waals surface area (Å²) in [5.74, 6) is 0.481. The van der Waals surface area contributed by atoms with Crippen molar-refractivity contribution in [2.75, 3.05) is 0 Å². The van der Waals surface area contributed by atoms with E-state index in [0.29, 0.717) is 17.3 Å². The third kappa shape index (κ3) is 3.19. The second kappa shape index (κ2) is 6.14. The third-order valence-corrected chi connectivity index (χ3v) is 4.32. The fourth-order valence-electron chi connectivity index (χ4n) is 1.71. The van der Waals surface area contributed by atoms with Crippen LogP contribution >= 0.6 is 11.6 Å². The molecule has 18 heavy (non-hydrogen) atoms. The van der Waals surface area contributed by atoms with Crippen molar-refractivity contribution >= 4 is 22.4 Å². The maximum Gasteiger partial charge on any atom is 0.0574 e. The molecule has 0 aliphatic rings. The molecule has 0 spiro atoms. The highest BCUT2D eigenvalue weighted by Gasteiger charge is 2.07. The number of nitrogens with two attached hydrogens (primary N) is 1. The van der Waals surface area contributed by atoms with Gasteiger partial charge in [-0.25, -0.2) is 0 Å². The molecule has 2 nitrogen and oxygen atoms in total. The molecule has 2 aromatic carbocycles. The van der Waals surface area contributed by atoms with Gasteiger partial charge in [-0.1, -0.05) is 35.9 Å². The summed E-state index contributed by atoms with van der Waals surface area (Å²) in [6.45, 7) is 0.466. The summed E-state index contributed by atoms with van der Waals surface area (Å²) in [6, 6.07) is 14.9. The van der Waals surface area contributed by atoms with Crippen molar-refractivity contribution < 1.29 is 4.21 Å². The number of hydrogen-bond acceptors (Lipinski definition) is 2. The van der Waals surface area contributed by atoms with Crippen molar-refractivity contribution in [1.82, 2.24) is 0 Å². The van der Waals surface area contributed by atoms with Gasteiger partial charge in [-0.05, 0) is 35.4 Å². The number of benzene rings is 2. The van der Waals surface area contributed by atoms with Crippen molar-refractivity contribution in [1.29, 1.82) is 0 Å². The lowest BCUT2D eigenvalue weighted by Gasteiger charge is -2.07. The molecule has 2 rings (SSSR count). The summed E-state index contributed by atoms with van der Waals surface area (Å²) in [7, 11) is -1.07. The molecule has 0 aliphatic carbocycles. The number of rotatable bonds is 4. The second-order valence-electron chi connectivity index (χ2n) is 3.92. The molecule has 0 radical (unpaired) electrons. The lowest BCUT2D eigenvalue weighted by molar-refractivity contribution is 0.682. The van der Waals surface area contributed by atoms with Crippen molar-refractivity contribution in [3.05, 3.63) is 64.7 Å². The van der Waals surface area contributed by atoms with E-state index in [1.807, 2.05) is 24.3 Å². The van der Waals surface area contributed by atoms with Crippen molar-refractivity contribution in [2.24, 2.45) is 5.73 Å². The molecule has 2 aromatic rings. The highest BCUT2D eigenvalue weighted by atomic mass is 35.5. The Labute approximate surface area is 114 Å². The average Bonchev–Trinajstić information content (AvgIpc) is 2.40. The molecular formula is C14H14ClNOS. The maximum atomic E-state index is 12.2. The summed E-state index contributed by atoms with van der Waals surface area (Å²) >= 11 is 5.81. The minimum absolute atomic E-state index is 0.466. The fourth-order valence-corrected chi connectivity index (χ4v) is 3.00. The Morgan fingerprint density at radius 1 is 1.00 bits per heavy atom.